The Bertz CT molecular complexity index is 555. The lowest BCUT2D eigenvalue weighted by Crippen LogP contribution is -2.37. The first kappa shape index (κ1) is 14.3. The fraction of sp³-hybridized carbons (Fsp3) is 0.562. The monoisotopic (exact) mass is 291 g/mol. The van der Waals surface area contributed by atoms with Gasteiger partial charge in [-0.25, -0.2) is 4.39 Å². The number of hydrogen-bond acceptors (Lipinski definition) is 3. The number of halogens is 1. The van der Waals surface area contributed by atoms with E-state index in [9.17, 15) is 9.18 Å². The van der Waals surface area contributed by atoms with Crippen molar-refractivity contribution in [3.63, 3.8) is 0 Å². The molecule has 2 fully saturated rings. The first-order valence-corrected chi connectivity index (χ1v) is 7.65. The Balaban J connectivity index is 1.74. The zero-order valence-electron chi connectivity index (χ0n) is 12.4. The quantitative estimate of drug-likeness (QED) is 0.848. The summed E-state index contributed by atoms with van der Waals surface area (Å²) in [6, 6.07) is 3.44. The summed E-state index contributed by atoms with van der Waals surface area (Å²) in [5.41, 5.74) is 6.71. The zero-order chi connectivity index (χ0) is 15.0. The second kappa shape index (κ2) is 5.64. The number of nitrogen functional groups attached to an aromatic ring is 1. The summed E-state index contributed by atoms with van der Waals surface area (Å²) in [7, 11) is 0. The lowest BCUT2D eigenvalue weighted by atomic mass is 10.1. The van der Waals surface area contributed by atoms with E-state index >= 15 is 0 Å². The van der Waals surface area contributed by atoms with Gasteiger partial charge in [0.25, 0.3) is 5.91 Å². The smallest absolute Gasteiger partial charge is 0.256 e. The molecule has 5 heteroatoms. The maximum absolute atomic E-state index is 14.2. The molecular formula is C16H22FN3O. The Hall–Kier alpha value is -1.62. The third kappa shape index (κ3) is 2.75. The lowest BCUT2D eigenvalue weighted by molar-refractivity contribution is 0.0775. The average molecular weight is 291 g/mol. The van der Waals surface area contributed by atoms with E-state index in [1.165, 1.54) is 18.9 Å². The molecule has 0 saturated carbocycles. The van der Waals surface area contributed by atoms with Gasteiger partial charge in [0.2, 0.25) is 0 Å². The number of amides is 1. The fourth-order valence-electron chi connectivity index (χ4n) is 3.45. The van der Waals surface area contributed by atoms with Crippen LogP contribution in [0, 0.1) is 12.7 Å². The zero-order valence-corrected chi connectivity index (χ0v) is 12.4. The van der Waals surface area contributed by atoms with Crippen LogP contribution in [0.15, 0.2) is 12.1 Å². The van der Waals surface area contributed by atoms with Crippen molar-refractivity contribution in [2.75, 3.05) is 31.9 Å². The van der Waals surface area contributed by atoms with Gasteiger partial charge in [-0.05, 0) is 57.0 Å². The number of benzene rings is 1. The molecule has 114 valence electrons. The summed E-state index contributed by atoms with van der Waals surface area (Å²) in [6.45, 7) is 5.29. The maximum Gasteiger partial charge on any atom is 0.256 e. The van der Waals surface area contributed by atoms with Gasteiger partial charge in [0.1, 0.15) is 5.82 Å². The van der Waals surface area contributed by atoms with E-state index in [0.717, 1.165) is 19.5 Å². The van der Waals surface area contributed by atoms with Crippen molar-refractivity contribution in [2.45, 2.75) is 32.2 Å². The molecule has 2 saturated heterocycles. The van der Waals surface area contributed by atoms with Crippen molar-refractivity contribution < 1.29 is 9.18 Å². The Morgan fingerprint density at radius 1 is 1.29 bits per heavy atom. The highest BCUT2D eigenvalue weighted by Gasteiger charge is 2.32. The SMILES string of the molecule is Cc1cc(N)cc(C(=O)N2CCC(N3CCCC3)C2)c1F. The van der Waals surface area contributed by atoms with E-state index in [1.54, 1.807) is 17.9 Å². The average Bonchev–Trinajstić information content (AvgIpc) is 3.11. The van der Waals surface area contributed by atoms with E-state index in [-0.39, 0.29) is 11.5 Å². The number of aryl methyl sites for hydroxylation is 1. The molecule has 1 unspecified atom stereocenters. The second-order valence-corrected chi connectivity index (χ2v) is 6.14. The molecule has 3 rings (SSSR count). The Labute approximate surface area is 124 Å². The Kier molecular flexibility index (Phi) is 3.85. The van der Waals surface area contributed by atoms with E-state index in [4.69, 9.17) is 5.73 Å². The number of anilines is 1. The molecule has 0 spiro atoms. The highest BCUT2D eigenvalue weighted by molar-refractivity contribution is 5.95. The van der Waals surface area contributed by atoms with Gasteiger partial charge in [0.15, 0.2) is 0 Å². The molecule has 4 nitrogen and oxygen atoms in total. The maximum atomic E-state index is 14.2. The van der Waals surface area contributed by atoms with Gasteiger partial charge in [0.05, 0.1) is 5.56 Å². The third-order valence-corrected chi connectivity index (χ3v) is 4.61. The van der Waals surface area contributed by atoms with Gasteiger partial charge in [-0.3, -0.25) is 9.69 Å². The summed E-state index contributed by atoms with van der Waals surface area (Å²) in [5.74, 6) is -0.677. The minimum Gasteiger partial charge on any atom is -0.399 e. The minimum absolute atomic E-state index is 0.106. The van der Waals surface area contributed by atoms with Gasteiger partial charge in [0, 0.05) is 24.8 Å². The van der Waals surface area contributed by atoms with Crippen LogP contribution in [-0.4, -0.2) is 47.9 Å². The summed E-state index contributed by atoms with van der Waals surface area (Å²) in [5, 5.41) is 0. The number of carbonyl (C=O) groups is 1. The molecule has 0 aliphatic carbocycles. The molecule has 0 bridgehead atoms. The second-order valence-electron chi connectivity index (χ2n) is 6.14. The molecule has 2 heterocycles. The molecule has 0 aromatic heterocycles. The lowest BCUT2D eigenvalue weighted by Gasteiger charge is -2.23. The van der Waals surface area contributed by atoms with Crippen molar-refractivity contribution in [1.29, 1.82) is 0 Å². The molecule has 21 heavy (non-hydrogen) atoms. The van der Waals surface area contributed by atoms with Gasteiger partial charge in [-0.2, -0.15) is 0 Å². The normalized spacial score (nSPS) is 23.0. The summed E-state index contributed by atoms with van der Waals surface area (Å²) in [4.78, 5) is 16.8. The number of nitrogens with zero attached hydrogens (tertiary/aromatic N) is 2. The number of rotatable bonds is 2. The van der Waals surface area contributed by atoms with Crippen LogP contribution in [0.1, 0.15) is 35.2 Å². The first-order chi connectivity index (χ1) is 10.1. The number of nitrogens with two attached hydrogens (primary N) is 1. The van der Waals surface area contributed by atoms with Crippen LogP contribution in [-0.2, 0) is 0 Å². The van der Waals surface area contributed by atoms with Gasteiger partial charge < -0.3 is 10.6 Å². The predicted molar refractivity (Wildman–Crippen MR) is 80.7 cm³/mol. The van der Waals surface area contributed by atoms with E-state index < -0.39 is 5.82 Å². The van der Waals surface area contributed by atoms with E-state index in [0.29, 0.717) is 30.4 Å². The van der Waals surface area contributed by atoms with Crippen LogP contribution in [0.4, 0.5) is 10.1 Å². The number of carbonyl (C=O) groups excluding carboxylic acids is 1. The third-order valence-electron chi connectivity index (χ3n) is 4.61. The van der Waals surface area contributed by atoms with Crippen LogP contribution in [0.2, 0.25) is 0 Å². The van der Waals surface area contributed by atoms with Gasteiger partial charge in [-0.1, -0.05) is 0 Å². The van der Waals surface area contributed by atoms with Crippen LogP contribution in [0.5, 0.6) is 0 Å². The molecule has 2 aliphatic rings. The molecule has 1 amide bonds. The topological polar surface area (TPSA) is 49.6 Å². The number of likely N-dealkylation sites (tertiary alicyclic amines) is 2. The minimum atomic E-state index is -0.446. The fourth-order valence-corrected chi connectivity index (χ4v) is 3.45. The van der Waals surface area contributed by atoms with E-state index in [1.807, 2.05) is 0 Å². The molecule has 1 aromatic rings. The largest absolute Gasteiger partial charge is 0.399 e. The van der Waals surface area contributed by atoms with Crippen LogP contribution in [0.3, 0.4) is 0 Å². The summed E-state index contributed by atoms with van der Waals surface area (Å²) < 4.78 is 14.2. The van der Waals surface area contributed by atoms with Crippen molar-refractivity contribution in [3.8, 4) is 0 Å². The van der Waals surface area contributed by atoms with Crippen LogP contribution >= 0.6 is 0 Å². The standard InChI is InChI=1S/C16H22FN3O/c1-11-8-12(18)9-14(15(11)17)16(21)20-7-4-13(10-20)19-5-2-3-6-19/h8-9,13H,2-7,10,18H2,1H3. The van der Waals surface area contributed by atoms with Crippen molar-refractivity contribution >= 4 is 11.6 Å². The highest BCUT2D eigenvalue weighted by atomic mass is 19.1. The van der Waals surface area contributed by atoms with Crippen molar-refractivity contribution in [1.82, 2.24) is 9.80 Å². The number of hydrogen-bond donors (Lipinski definition) is 1. The highest BCUT2D eigenvalue weighted by Crippen LogP contribution is 2.24. The Morgan fingerprint density at radius 2 is 2.00 bits per heavy atom. The molecule has 1 aromatic carbocycles. The van der Waals surface area contributed by atoms with Gasteiger partial charge in [-0.15, -0.1) is 0 Å². The predicted octanol–water partition coefficient (Wildman–Crippen LogP) is 2.03. The molecule has 1 atom stereocenters. The first-order valence-electron chi connectivity index (χ1n) is 7.65. The Morgan fingerprint density at radius 3 is 2.71 bits per heavy atom. The molecule has 0 radical (unpaired) electrons. The molecule has 2 N–H and O–H groups in total. The molecular weight excluding hydrogens is 269 g/mol. The summed E-state index contributed by atoms with van der Waals surface area (Å²) in [6.07, 6.45) is 3.47. The van der Waals surface area contributed by atoms with Crippen LogP contribution < -0.4 is 5.73 Å². The summed E-state index contributed by atoms with van der Waals surface area (Å²) >= 11 is 0. The molecule has 2 aliphatic heterocycles. The van der Waals surface area contributed by atoms with Crippen molar-refractivity contribution in [2.24, 2.45) is 0 Å². The van der Waals surface area contributed by atoms with E-state index in [2.05, 4.69) is 4.90 Å². The van der Waals surface area contributed by atoms with Gasteiger partial charge >= 0.3 is 0 Å². The van der Waals surface area contributed by atoms with Crippen LogP contribution in [0.25, 0.3) is 0 Å². The van der Waals surface area contributed by atoms with Crippen molar-refractivity contribution in [3.05, 3.63) is 29.1 Å².